The topological polar surface area (TPSA) is 110 Å². The van der Waals surface area contributed by atoms with Crippen LogP contribution in [-0.2, 0) is 0 Å². The van der Waals surface area contributed by atoms with Crippen LogP contribution < -0.4 is 24.8 Å². The standard InChI is InChI=1S/C25H30N6O3S/c1-32-20-13-18-19(14-21(20)33-2)28-15-29-22(18)23-24(26)31(25(27)35-23)16-5-7-17(8-6-16)34-12-11-30-9-3-4-10-30/h5-8,13-15,23,25-26H,3-4,9-12,27H2,1-2H3. The predicted octanol–water partition coefficient (Wildman–Crippen LogP) is 3.64. The summed E-state index contributed by atoms with van der Waals surface area (Å²) < 4.78 is 16.8. The number of fused-ring (bicyclic) bond motifs is 1. The van der Waals surface area contributed by atoms with Crippen molar-refractivity contribution >= 4 is 34.2 Å². The fourth-order valence-corrected chi connectivity index (χ4v) is 5.82. The number of nitrogens with two attached hydrogens (primary N) is 1. The molecule has 35 heavy (non-hydrogen) atoms. The van der Waals surface area contributed by atoms with Crippen molar-refractivity contribution < 1.29 is 14.2 Å². The van der Waals surface area contributed by atoms with E-state index in [2.05, 4.69) is 14.9 Å². The second kappa shape index (κ2) is 10.3. The molecule has 2 aromatic carbocycles. The number of nitrogens with zero attached hydrogens (tertiary/aromatic N) is 4. The molecule has 9 nitrogen and oxygen atoms in total. The third-order valence-corrected chi connectivity index (χ3v) is 7.66. The van der Waals surface area contributed by atoms with Gasteiger partial charge in [0.05, 0.1) is 25.4 Å². The Morgan fingerprint density at radius 2 is 1.77 bits per heavy atom. The van der Waals surface area contributed by atoms with Gasteiger partial charge in [0.15, 0.2) is 11.5 Å². The van der Waals surface area contributed by atoms with Gasteiger partial charge in [-0.2, -0.15) is 0 Å². The summed E-state index contributed by atoms with van der Waals surface area (Å²) in [6.07, 6.45) is 4.07. The normalized spacial score (nSPS) is 20.5. The Kier molecular flexibility index (Phi) is 6.94. The zero-order valence-corrected chi connectivity index (χ0v) is 20.8. The molecule has 0 radical (unpaired) electrons. The van der Waals surface area contributed by atoms with Gasteiger partial charge in [-0.3, -0.25) is 10.3 Å². The molecule has 3 aromatic rings. The maximum absolute atomic E-state index is 8.95. The van der Waals surface area contributed by atoms with E-state index in [0.717, 1.165) is 47.7 Å². The van der Waals surface area contributed by atoms with Gasteiger partial charge in [-0.05, 0) is 56.3 Å². The van der Waals surface area contributed by atoms with Gasteiger partial charge in [-0.25, -0.2) is 9.97 Å². The molecule has 5 rings (SSSR count). The van der Waals surface area contributed by atoms with Crippen LogP contribution in [0.1, 0.15) is 23.8 Å². The number of hydrogen-bond donors (Lipinski definition) is 2. The van der Waals surface area contributed by atoms with Gasteiger partial charge in [0.1, 0.15) is 35.3 Å². The first-order valence-corrected chi connectivity index (χ1v) is 12.6. The minimum atomic E-state index is -0.417. The summed E-state index contributed by atoms with van der Waals surface area (Å²) in [5.74, 6) is 2.38. The van der Waals surface area contributed by atoms with Gasteiger partial charge in [0.25, 0.3) is 0 Å². The predicted molar refractivity (Wildman–Crippen MR) is 139 cm³/mol. The van der Waals surface area contributed by atoms with Crippen LogP contribution in [0.2, 0.25) is 0 Å². The molecule has 0 bridgehead atoms. The van der Waals surface area contributed by atoms with E-state index in [1.165, 1.54) is 30.9 Å². The summed E-state index contributed by atoms with van der Waals surface area (Å²) in [5, 5.41) is 9.42. The molecule has 2 unspecified atom stereocenters. The number of methoxy groups -OCH3 is 2. The third kappa shape index (κ3) is 4.73. The Hall–Kier alpha value is -3.08. The Morgan fingerprint density at radius 3 is 2.49 bits per heavy atom. The number of benzene rings is 2. The van der Waals surface area contributed by atoms with Crippen molar-refractivity contribution in [2.45, 2.75) is 23.6 Å². The van der Waals surface area contributed by atoms with Crippen LogP contribution in [0.25, 0.3) is 10.9 Å². The zero-order chi connectivity index (χ0) is 24.4. The highest BCUT2D eigenvalue weighted by Gasteiger charge is 2.39. The van der Waals surface area contributed by atoms with Crippen LogP contribution in [0.4, 0.5) is 5.69 Å². The Bertz CT molecular complexity index is 1200. The molecule has 184 valence electrons. The zero-order valence-electron chi connectivity index (χ0n) is 19.9. The Labute approximate surface area is 209 Å². The minimum Gasteiger partial charge on any atom is -0.493 e. The van der Waals surface area contributed by atoms with Crippen LogP contribution >= 0.6 is 11.8 Å². The minimum absolute atomic E-state index is 0.343. The van der Waals surface area contributed by atoms with Crippen LogP contribution in [0.3, 0.4) is 0 Å². The number of likely N-dealkylation sites (tertiary alicyclic amines) is 1. The van der Waals surface area contributed by atoms with E-state index in [9.17, 15) is 0 Å². The first-order valence-electron chi connectivity index (χ1n) is 11.7. The number of amidine groups is 1. The van der Waals surface area contributed by atoms with Crippen molar-refractivity contribution in [3.05, 3.63) is 48.4 Å². The molecule has 3 heterocycles. The molecule has 2 aliphatic rings. The number of nitrogens with one attached hydrogen (secondary N) is 1. The average Bonchev–Trinajstić information content (AvgIpc) is 3.50. The quantitative estimate of drug-likeness (QED) is 0.485. The molecule has 1 aromatic heterocycles. The molecule has 2 saturated heterocycles. The van der Waals surface area contributed by atoms with Gasteiger partial charge in [-0.15, -0.1) is 11.8 Å². The number of ether oxygens (including phenoxy) is 3. The number of aromatic nitrogens is 2. The van der Waals surface area contributed by atoms with Crippen molar-refractivity contribution in [3.63, 3.8) is 0 Å². The van der Waals surface area contributed by atoms with Crippen molar-refractivity contribution in [2.75, 3.05) is 45.4 Å². The lowest BCUT2D eigenvalue weighted by molar-refractivity contribution is 0.238. The third-order valence-electron chi connectivity index (χ3n) is 6.45. The molecule has 2 fully saturated rings. The van der Waals surface area contributed by atoms with Crippen LogP contribution in [0.15, 0.2) is 42.7 Å². The highest BCUT2D eigenvalue weighted by atomic mass is 32.2. The van der Waals surface area contributed by atoms with Gasteiger partial charge in [0, 0.05) is 23.7 Å². The summed E-state index contributed by atoms with van der Waals surface area (Å²) in [5.41, 5.74) is 8.37. The molecule has 0 saturated carbocycles. The fourth-order valence-electron chi connectivity index (χ4n) is 4.62. The highest BCUT2D eigenvalue weighted by molar-refractivity contribution is 8.01. The molecular weight excluding hydrogens is 464 g/mol. The second-order valence-electron chi connectivity index (χ2n) is 8.54. The second-order valence-corrected chi connectivity index (χ2v) is 9.76. The van der Waals surface area contributed by atoms with E-state index in [4.69, 9.17) is 25.4 Å². The van der Waals surface area contributed by atoms with Gasteiger partial charge < -0.3 is 24.8 Å². The van der Waals surface area contributed by atoms with Gasteiger partial charge in [-0.1, -0.05) is 0 Å². The average molecular weight is 495 g/mol. The monoisotopic (exact) mass is 494 g/mol. The molecular formula is C25H30N6O3S. The van der Waals surface area contributed by atoms with E-state index in [1.807, 2.05) is 41.3 Å². The van der Waals surface area contributed by atoms with E-state index >= 15 is 0 Å². The summed E-state index contributed by atoms with van der Waals surface area (Å²) in [7, 11) is 3.19. The molecule has 0 aliphatic carbocycles. The van der Waals surface area contributed by atoms with Crippen LogP contribution in [0, 0.1) is 5.41 Å². The number of rotatable bonds is 8. The molecule has 2 atom stereocenters. The van der Waals surface area contributed by atoms with Gasteiger partial charge >= 0.3 is 0 Å². The smallest absolute Gasteiger partial charge is 0.162 e. The first-order chi connectivity index (χ1) is 17.1. The van der Waals surface area contributed by atoms with Crippen molar-refractivity contribution in [1.29, 1.82) is 5.41 Å². The lowest BCUT2D eigenvalue weighted by Crippen LogP contribution is -2.38. The van der Waals surface area contributed by atoms with E-state index < -0.39 is 5.50 Å². The van der Waals surface area contributed by atoms with E-state index in [1.54, 1.807) is 14.2 Å². The van der Waals surface area contributed by atoms with Crippen molar-refractivity contribution in [3.8, 4) is 17.2 Å². The molecule has 10 heteroatoms. The Balaban J connectivity index is 1.34. The summed E-state index contributed by atoms with van der Waals surface area (Å²) in [6, 6.07) is 11.5. The molecule has 0 spiro atoms. The first kappa shape index (κ1) is 23.7. The summed E-state index contributed by atoms with van der Waals surface area (Å²) in [4.78, 5) is 13.2. The Morgan fingerprint density at radius 1 is 1.06 bits per heavy atom. The molecule has 3 N–H and O–H groups in total. The lowest BCUT2D eigenvalue weighted by atomic mass is 10.1. The fraction of sp³-hybridized carbons (Fsp3) is 0.400. The summed E-state index contributed by atoms with van der Waals surface area (Å²) >= 11 is 1.48. The maximum atomic E-state index is 8.95. The molecule has 2 aliphatic heterocycles. The van der Waals surface area contributed by atoms with E-state index in [-0.39, 0.29) is 5.25 Å². The number of anilines is 1. The van der Waals surface area contributed by atoms with Gasteiger partial charge in [0.2, 0.25) is 0 Å². The summed E-state index contributed by atoms with van der Waals surface area (Å²) in [6.45, 7) is 3.95. The highest BCUT2D eigenvalue weighted by Crippen LogP contribution is 2.45. The van der Waals surface area contributed by atoms with Crippen molar-refractivity contribution in [2.24, 2.45) is 5.73 Å². The SMILES string of the molecule is COc1cc2ncnc(C3SC(N)N(c4ccc(OCCN5CCCC5)cc4)C3=N)c2cc1OC. The van der Waals surface area contributed by atoms with Crippen molar-refractivity contribution in [1.82, 2.24) is 14.9 Å². The number of thioether (sulfide) groups is 1. The molecule has 0 amide bonds. The maximum Gasteiger partial charge on any atom is 0.162 e. The van der Waals surface area contributed by atoms with E-state index in [0.29, 0.717) is 23.9 Å². The van der Waals surface area contributed by atoms with Crippen LogP contribution in [-0.4, -0.2) is 66.7 Å². The largest absolute Gasteiger partial charge is 0.493 e. The van der Waals surface area contributed by atoms with Crippen LogP contribution in [0.5, 0.6) is 17.2 Å². The lowest BCUT2D eigenvalue weighted by Gasteiger charge is -2.23. The number of hydrogen-bond acceptors (Lipinski definition) is 9.